The normalized spacial score (nSPS) is 19.9. The van der Waals surface area contributed by atoms with E-state index in [-0.39, 0.29) is 17.6 Å². The molecule has 26 heavy (non-hydrogen) atoms. The molecule has 5 nitrogen and oxygen atoms in total. The lowest BCUT2D eigenvalue weighted by Gasteiger charge is -2.30. The van der Waals surface area contributed by atoms with E-state index in [1.54, 1.807) is 30.1 Å². The molecule has 1 aliphatic rings. The quantitative estimate of drug-likeness (QED) is 0.871. The fourth-order valence-electron chi connectivity index (χ4n) is 2.89. The molecule has 1 aliphatic heterocycles. The first-order chi connectivity index (χ1) is 12.4. The molecule has 1 saturated heterocycles. The van der Waals surface area contributed by atoms with E-state index in [1.165, 1.54) is 17.8 Å². The topological polar surface area (TPSA) is 62.6 Å². The Balaban J connectivity index is 1.56. The maximum atomic E-state index is 13.8. The molecule has 7 heteroatoms. The second-order valence-corrected chi connectivity index (χ2v) is 7.62. The van der Waals surface area contributed by atoms with Gasteiger partial charge in [0.15, 0.2) is 0 Å². The van der Waals surface area contributed by atoms with E-state index in [0.29, 0.717) is 30.0 Å². The van der Waals surface area contributed by atoms with Crippen LogP contribution in [0.2, 0.25) is 0 Å². The summed E-state index contributed by atoms with van der Waals surface area (Å²) < 4.78 is 19.3. The first-order valence-corrected chi connectivity index (χ1v) is 9.44. The molecule has 2 heterocycles. The second kappa shape index (κ2) is 7.95. The summed E-state index contributed by atoms with van der Waals surface area (Å²) in [5.41, 5.74) is 0.509. The Morgan fingerprint density at radius 2 is 2.12 bits per heavy atom. The Morgan fingerprint density at radius 3 is 2.77 bits per heavy atom. The van der Waals surface area contributed by atoms with Gasteiger partial charge in [-0.05, 0) is 37.1 Å². The number of hydrogen-bond acceptors (Lipinski definition) is 4. The lowest BCUT2D eigenvalue weighted by molar-refractivity contribution is -0.135. The van der Waals surface area contributed by atoms with Crippen molar-refractivity contribution in [1.29, 1.82) is 0 Å². The highest BCUT2D eigenvalue weighted by Gasteiger charge is 2.34. The molecule has 1 N–H and O–H groups in total. The molecule has 0 radical (unpaired) electrons. The van der Waals surface area contributed by atoms with Crippen molar-refractivity contribution in [2.75, 3.05) is 12.8 Å². The number of nitrogens with one attached hydrogen (secondary N) is 1. The molecule has 138 valence electrons. The number of amides is 2. The predicted octanol–water partition coefficient (Wildman–Crippen LogP) is 2.53. The van der Waals surface area contributed by atoms with Crippen molar-refractivity contribution in [3.05, 3.63) is 59.3 Å². The fraction of sp³-hybridized carbons (Fsp3) is 0.368. The SMILES string of the molecule is Cc1ccc(CN(C)C(=O)[C@@H]2CS[C@H](Cc3ccccc3F)C(=O)N2)o1. The summed E-state index contributed by atoms with van der Waals surface area (Å²) in [4.78, 5) is 26.5. The Hall–Kier alpha value is -2.28. The molecular formula is C19H21FN2O3S. The first-order valence-electron chi connectivity index (χ1n) is 8.39. The zero-order valence-corrected chi connectivity index (χ0v) is 15.5. The average molecular weight is 376 g/mol. The number of furan rings is 1. The minimum absolute atomic E-state index is 0.163. The van der Waals surface area contributed by atoms with Crippen molar-refractivity contribution in [3.8, 4) is 0 Å². The molecular weight excluding hydrogens is 355 g/mol. The van der Waals surface area contributed by atoms with E-state index in [1.807, 2.05) is 19.1 Å². The number of halogens is 1. The second-order valence-electron chi connectivity index (χ2n) is 6.39. The van der Waals surface area contributed by atoms with Crippen LogP contribution >= 0.6 is 11.8 Å². The highest BCUT2D eigenvalue weighted by Crippen LogP contribution is 2.24. The summed E-state index contributed by atoms with van der Waals surface area (Å²) >= 11 is 1.39. The maximum absolute atomic E-state index is 13.8. The van der Waals surface area contributed by atoms with Crippen molar-refractivity contribution >= 4 is 23.6 Å². The summed E-state index contributed by atoms with van der Waals surface area (Å²) in [7, 11) is 1.68. The van der Waals surface area contributed by atoms with E-state index in [4.69, 9.17) is 4.42 Å². The van der Waals surface area contributed by atoms with Crippen molar-refractivity contribution < 1.29 is 18.4 Å². The molecule has 2 amide bonds. The maximum Gasteiger partial charge on any atom is 0.246 e. The van der Waals surface area contributed by atoms with Crippen LogP contribution < -0.4 is 5.32 Å². The van der Waals surface area contributed by atoms with Crippen LogP contribution in [0.1, 0.15) is 17.1 Å². The van der Waals surface area contributed by atoms with Gasteiger partial charge >= 0.3 is 0 Å². The van der Waals surface area contributed by atoms with Crippen LogP contribution in [0, 0.1) is 12.7 Å². The molecule has 2 atom stereocenters. The Kier molecular flexibility index (Phi) is 5.66. The number of carbonyl (C=O) groups is 2. The van der Waals surface area contributed by atoms with Gasteiger partial charge in [0.2, 0.25) is 11.8 Å². The molecule has 0 bridgehead atoms. The molecule has 1 aromatic heterocycles. The largest absolute Gasteiger partial charge is 0.464 e. The molecule has 0 unspecified atom stereocenters. The van der Waals surface area contributed by atoms with Gasteiger partial charge in [-0.25, -0.2) is 4.39 Å². The van der Waals surface area contributed by atoms with Gasteiger partial charge < -0.3 is 14.6 Å². The Morgan fingerprint density at radius 1 is 1.35 bits per heavy atom. The zero-order chi connectivity index (χ0) is 18.7. The first kappa shape index (κ1) is 18.5. The molecule has 3 rings (SSSR count). The summed E-state index contributed by atoms with van der Waals surface area (Å²) in [5.74, 6) is 1.25. The smallest absolute Gasteiger partial charge is 0.246 e. The fourth-order valence-corrected chi connectivity index (χ4v) is 4.06. The van der Waals surface area contributed by atoms with Crippen LogP contribution in [-0.2, 0) is 22.6 Å². The van der Waals surface area contributed by atoms with Crippen LogP contribution in [0.4, 0.5) is 4.39 Å². The van der Waals surface area contributed by atoms with Crippen LogP contribution in [-0.4, -0.2) is 40.8 Å². The number of carbonyl (C=O) groups excluding carboxylic acids is 2. The van der Waals surface area contributed by atoms with Gasteiger partial charge in [0, 0.05) is 12.8 Å². The zero-order valence-electron chi connectivity index (χ0n) is 14.7. The molecule has 1 fully saturated rings. The van der Waals surface area contributed by atoms with Crippen molar-refractivity contribution in [1.82, 2.24) is 10.2 Å². The number of benzene rings is 1. The summed E-state index contributed by atoms with van der Waals surface area (Å²) in [6, 6.07) is 9.54. The van der Waals surface area contributed by atoms with Crippen molar-refractivity contribution in [3.63, 3.8) is 0 Å². The minimum atomic E-state index is -0.578. The van der Waals surface area contributed by atoms with E-state index in [0.717, 1.165) is 5.76 Å². The van der Waals surface area contributed by atoms with E-state index in [9.17, 15) is 14.0 Å². The average Bonchev–Trinajstić information content (AvgIpc) is 3.02. The van der Waals surface area contributed by atoms with E-state index < -0.39 is 11.3 Å². The standard InChI is InChI=1S/C19H21FN2O3S/c1-12-7-8-14(25-12)10-22(2)19(24)16-11-26-17(18(23)21-16)9-13-5-3-4-6-15(13)20/h3-8,16-17H,9-11H2,1-2H3,(H,21,23)/t16-,17+/m0/s1. The molecule has 2 aromatic rings. The number of aryl methyl sites for hydroxylation is 1. The minimum Gasteiger partial charge on any atom is -0.464 e. The van der Waals surface area contributed by atoms with Gasteiger partial charge in [-0.15, -0.1) is 11.8 Å². The van der Waals surface area contributed by atoms with Crippen LogP contribution in [0.25, 0.3) is 0 Å². The number of thioether (sulfide) groups is 1. The Bertz CT molecular complexity index is 808. The van der Waals surface area contributed by atoms with Gasteiger partial charge in [0.05, 0.1) is 11.8 Å². The molecule has 0 saturated carbocycles. The summed E-state index contributed by atoms with van der Waals surface area (Å²) in [6.45, 7) is 2.20. The number of rotatable bonds is 5. The molecule has 0 aliphatic carbocycles. The predicted molar refractivity (Wildman–Crippen MR) is 98.2 cm³/mol. The van der Waals surface area contributed by atoms with Gasteiger partial charge in [-0.3, -0.25) is 9.59 Å². The van der Waals surface area contributed by atoms with Crippen LogP contribution in [0.5, 0.6) is 0 Å². The van der Waals surface area contributed by atoms with Gasteiger partial charge in [0.1, 0.15) is 23.4 Å². The van der Waals surface area contributed by atoms with Crippen LogP contribution in [0.15, 0.2) is 40.8 Å². The molecule has 1 aromatic carbocycles. The van der Waals surface area contributed by atoms with Gasteiger partial charge in [-0.2, -0.15) is 0 Å². The Labute approximate surface area is 155 Å². The number of nitrogens with zero attached hydrogens (tertiary/aromatic N) is 1. The van der Waals surface area contributed by atoms with Crippen molar-refractivity contribution in [2.45, 2.75) is 31.2 Å². The van der Waals surface area contributed by atoms with E-state index >= 15 is 0 Å². The van der Waals surface area contributed by atoms with Crippen LogP contribution in [0.3, 0.4) is 0 Å². The third-order valence-corrected chi connectivity index (χ3v) is 5.61. The highest BCUT2D eigenvalue weighted by molar-refractivity contribution is 8.00. The molecule has 0 spiro atoms. The summed E-state index contributed by atoms with van der Waals surface area (Å²) in [6.07, 6.45) is 0.311. The third-order valence-electron chi connectivity index (χ3n) is 4.30. The van der Waals surface area contributed by atoms with E-state index in [2.05, 4.69) is 5.32 Å². The van der Waals surface area contributed by atoms with Crippen molar-refractivity contribution in [2.24, 2.45) is 0 Å². The number of hydrogen-bond donors (Lipinski definition) is 1. The number of likely N-dealkylation sites (N-methyl/N-ethyl adjacent to an activating group) is 1. The lowest BCUT2D eigenvalue weighted by Crippen LogP contribution is -2.54. The summed E-state index contributed by atoms with van der Waals surface area (Å²) in [5, 5.41) is 2.38. The highest BCUT2D eigenvalue weighted by atomic mass is 32.2. The lowest BCUT2D eigenvalue weighted by atomic mass is 10.1. The monoisotopic (exact) mass is 376 g/mol. The third kappa shape index (κ3) is 4.27. The van der Waals surface area contributed by atoms with Gasteiger partial charge in [0.25, 0.3) is 0 Å². The van der Waals surface area contributed by atoms with Gasteiger partial charge in [-0.1, -0.05) is 18.2 Å².